The normalized spacial score (nSPS) is 17.3. The van der Waals surface area contributed by atoms with Crippen LogP contribution in [0, 0.1) is 17.8 Å². The quantitative estimate of drug-likeness (QED) is 0.168. The van der Waals surface area contributed by atoms with Crippen molar-refractivity contribution >= 4 is 17.9 Å². The number of likely N-dealkylation sites (N-methyl/N-ethyl adjacent to an activating group) is 1. The number of amides is 3. The number of hydrogen-bond donors (Lipinski definition) is 4. The zero-order valence-corrected chi connectivity index (χ0v) is 30.3. The molecule has 1 fully saturated rings. The van der Waals surface area contributed by atoms with Crippen LogP contribution in [0.25, 0.3) is 0 Å². The first-order valence-electron chi connectivity index (χ1n) is 17.8. The second-order valence-electron chi connectivity index (χ2n) is 14.9. The Hall–Kier alpha value is -2.69. The third kappa shape index (κ3) is 15.0. The van der Waals surface area contributed by atoms with Crippen molar-refractivity contribution in [2.75, 3.05) is 27.2 Å². The van der Waals surface area contributed by atoms with E-state index in [-0.39, 0.29) is 24.3 Å². The molecule has 1 saturated carbocycles. The molecule has 268 valence electrons. The van der Waals surface area contributed by atoms with Gasteiger partial charge in [0.25, 0.3) is 5.91 Å². The predicted octanol–water partition coefficient (Wildman–Crippen LogP) is 4.76. The van der Waals surface area contributed by atoms with Gasteiger partial charge in [0.15, 0.2) is 6.10 Å². The van der Waals surface area contributed by atoms with Gasteiger partial charge in [0.05, 0.1) is 12.1 Å². The van der Waals surface area contributed by atoms with Gasteiger partial charge in [-0.3, -0.25) is 9.59 Å². The molecule has 1 aromatic rings. The molecule has 0 saturated heterocycles. The first kappa shape index (κ1) is 40.5. The molecule has 0 bridgehead atoms. The Bertz CT molecular complexity index is 1060. The predicted molar refractivity (Wildman–Crippen MR) is 187 cm³/mol. The molecule has 1 aliphatic rings. The fourth-order valence-corrected chi connectivity index (χ4v) is 6.28. The van der Waals surface area contributed by atoms with E-state index < -0.39 is 48.3 Å². The summed E-state index contributed by atoms with van der Waals surface area (Å²) in [5.74, 6) is -0.375. The van der Waals surface area contributed by atoms with Gasteiger partial charge in [-0.15, -0.1) is 0 Å². The lowest BCUT2D eigenvalue weighted by atomic mass is 9.82. The standard InChI is InChI=1S/C37H64N4O6/c1-25(2)21-31(35(44)38-30(23-28-15-11-9-12-16-28)34(43)32(42)22-26(3)4)39-36(45)33(24-29-17-13-10-14-18-29)47-37(46)41(27(5)6)20-19-40(7)8/h10,13-14,17-18,25-28,30-34,42-43H,9,11-12,15-16,19-24H2,1-8H3,(H,38,44)(H,39,45)/t30-,31-,32-,33-,34+/m0/s1. The Morgan fingerprint density at radius 3 is 2.02 bits per heavy atom. The lowest BCUT2D eigenvalue weighted by Gasteiger charge is -2.34. The van der Waals surface area contributed by atoms with E-state index in [0.29, 0.717) is 38.3 Å². The number of aliphatic hydroxyl groups is 2. The van der Waals surface area contributed by atoms with Gasteiger partial charge < -0.3 is 35.4 Å². The summed E-state index contributed by atoms with van der Waals surface area (Å²) in [7, 11) is 3.86. The molecule has 0 radical (unpaired) electrons. The molecule has 1 aromatic carbocycles. The number of aliphatic hydroxyl groups excluding tert-OH is 2. The zero-order chi connectivity index (χ0) is 35.1. The molecule has 0 spiro atoms. The van der Waals surface area contributed by atoms with Crippen LogP contribution in [0.3, 0.4) is 0 Å². The van der Waals surface area contributed by atoms with Crippen molar-refractivity contribution < 1.29 is 29.3 Å². The van der Waals surface area contributed by atoms with Crippen molar-refractivity contribution in [2.45, 2.75) is 136 Å². The van der Waals surface area contributed by atoms with E-state index in [9.17, 15) is 24.6 Å². The number of nitrogens with one attached hydrogen (secondary N) is 2. The zero-order valence-electron chi connectivity index (χ0n) is 30.3. The summed E-state index contributed by atoms with van der Waals surface area (Å²) in [6, 6.07) is 7.65. The molecular weight excluding hydrogens is 596 g/mol. The van der Waals surface area contributed by atoms with E-state index in [1.165, 1.54) is 6.42 Å². The monoisotopic (exact) mass is 660 g/mol. The second-order valence-corrected chi connectivity index (χ2v) is 14.9. The molecule has 47 heavy (non-hydrogen) atoms. The number of rotatable bonds is 19. The molecule has 4 N–H and O–H groups in total. The summed E-state index contributed by atoms with van der Waals surface area (Å²) < 4.78 is 5.90. The van der Waals surface area contributed by atoms with Gasteiger partial charge in [-0.25, -0.2) is 4.79 Å². The fourth-order valence-electron chi connectivity index (χ4n) is 6.28. The Labute approximate surface area is 284 Å². The van der Waals surface area contributed by atoms with Crippen molar-refractivity contribution in [1.29, 1.82) is 0 Å². The average Bonchev–Trinajstić information content (AvgIpc) is 2.99. The van der Waals surface area contributed by atoms with Crippen LogP contribution in [-0.2, 0) is 20.7 Å². The number of benzene rings is 1. The highest BCUT2D eigenvalue weighted by Crippen LogP contribution is 2.29. The maximum Gasteiger partial charge on any atom is 0.410 e. The van der Waals surface area contributed by atoms with Gasteiger partial charge in [0.1, 0.15) is 12.1 Å². The summed E-state index contributed by atoms with van der Waals surface area (Å²) >= 11 is 0. The van der Waals surface area contributed by atoms with Crippen LogP contribution in [-0.4, -0.2) is 102 Å². The van der Waals surface area contributed by atoms with Crippen LogP contribution in [0.4, 0.5) is 4.79 Å². The minimum Gasteiger partial charge on any atom is -0.436 e. The first-order valence-corrected chi connectivity index (χ1v) is 17.8. The maximum absolute atomic E-state index is 13.9. The number of hydrogen-bond acceptors (Lipinski definition) is 7. The molecular formula is C37H64N4O6. The van der Waals surface area contributed by atoms with E-state index in [0.717, 1.165) is 31.2 Å². The molecule has 0 heterocycles. The Balaban J connectivity index is 2.30. The van der Waals surface area contributed by atoms with Gasteiger partial charge in [0.2, 0.25) is 5.91 Å². The molecule has 2 rings (SSSR count). The molecule has 5 atom stereocenters. The molecule has 0 aliphatic heterocycles. The molecule has 0 unspecified atom stereocenters. The smallest absolute Gasteiger partial charge is 0.410 e. The second kappa shape index (κ2) is 20.6. The number of nitrogens with zero attached hydrogens (tertiary/aromatic N) is 2. The van der Waals surface area contributed by atoms with E-state index >= 15 is 0 Å². The number of ether oxygens (including phenoxy) is 1. The van der Waals surface area contributed by atoms with Crippen LogP contribution in [0.15, 0.2) is 30.3 Å². The summed E-state index contributed by atoms with van der Waals surface area (Å²) in [4.78, 5) is 44.8. The van der Waals surface area contributed by atoms with Crippen LogP contribution >= 0.6 is 0 Å². The van der Waals surface area contributed by atoms with Crippen LogP contribution < -0.4 is 10.6 Å². The van der Waals surface area contributed by atoms with Crippen molar-refractivity contribution in [2.24, 2.45) is 17.8 Å². The minimum absolute atomic E-state index is 0.0666. The van der Waals surface area contributed by atoms with E-state index in [4.69, 9.17) is 4.74 Å². The highest BCUT2D eigenvalue weighted by Gasteiger charge is 2.35. The third-order valence-corrected chi connectivity index (χ3v) is 8.94. The fraction of sp³-hybridized carbons (Fsp3) is 0.757. The van der Waals surface area contributed by atoms with Crippen LogP contribution in [0.1, 0.15) is 98.5 Å². The van der Waals surface area contributed by atoms with Crippen molar-refractivity contribution in [3.05, 3.63) is 35.9 Å². The van der Waals surface area contributed by atoms with Gasteiger partial charge in [-0.2, -0.15) is 0 Å². The third-order valence-electron chi connectivity index (χ3n) is 8.94. The number of carbonyl (C=O) groups is 3. The van der Waals surface area contributed by atoms with Gasteiger partial charge in [-0.05, 0) is 70.5 Å². The topological polar surface area (TPSA) is 131 Å². The van der Waals surface area contributed by atoms with Crippen molar-refractivity contribution in [1.82, 2.24) is 20.4 Å². The SMILES string of the molecule is CC(C)C[C@H](NC(=O)[C@H](Cc1ccccc1)OC(=O)N(CCN(C)C)C(C)C)C(=O)N[C@@H](CC1CCCCC1)[C@@H](O)[C@@H](O)CC(C)C. The molecule has 0 aromatic heterocycles. The molecule has 10 nitrogen and oxygen atoms in total. The number of carbonyl (C=O) groups excluding carboxylic acids is 3. The van der Waals surface area contributed by atoms with Gasteiger partial charge in [0, 0.05) is 25.6 Å². The van der Waals surface area contributed by atoms with Crippen LogP contribution in [0.2, 0.25) is 0 Å². The van der Waals surface area contributed by atoms with Crippen LogP contribution in [0.5, 0.6) is 0 Å². The van der Waals surface area contributed by atoms with Gasteiger partial charge in [-0.1, -0.05) is 90.1 Å². The Kier molecular flexibility index (Phi) is 17.8. The highest BCUT2D eigenvalue weighted by atomic mass is 16.6. The highest BCUT2D eigenvalue weighted by molar-refractivity contribution is 5.90. The lowest BCUT2D eigenvalue weighted by Crippen LogP contribution is -2.57. The summed E-state index contributed by atoms with van der Waals surface area (Å²) in [5, 5.41) is 28.1. The summed E-state index contributed by atoms with van der Waals surface area (Å²) in [6.45, 7) is 12.8. The van der Waals surface area contributed by atoms with Crippen molar-refractivity contribution in [3.8, 4) is 0 Å². The first-order chi connectivity index (χ1) is 22.2. The van der Waals surface area contributed by atoms with E-state index in [1.807, 2.05) is 90.9 Å². The van der Waals surface area contributed by atoms with Gasteiger partial charge >= 0.3 is 6.09 Å². The minimum atomic E-state index is -1.16. The average molecular weight is 661 g/mol. The lowest BCUT2D eigenvalue weighted by molar-refractivity contribution is -0.135. The molecule has 3 amide bonds. The summed E-state index contributed by atoms with van der Waals surface area (Å²) in [5.41, 5.74) is 0.824. The molecule has 10 heteroatoms. The van der Waals surface area contributed by atoms with E-state index in [1.54, 1.807) is 4.90 Å². The van der Waals surface area contributed by atoms with E-state index in [2.05, 4.69) is 10.6 Å². The maximum atomic E-state index is 13.9. The summed E-state index contributed by atoms with van der Waals surface area (Å²) in [6.07, 6.45) is 3.11. The Morgan fingerprint density at radius 1 is 0.851 bits per heavy atom. The largest absolute Gasteiger partial charge is 0.436 e. The van der Waals surface area contributed by atoms with Crippen molar-refractivity contribution in [3.63, 3.8) is 0 Å². The Morgan fingerprint density at radius 2 is 1.47 bits per heavy atom. The molecule has 1 aliphatic carbocycles.